The molecule has 2 aliphatic rings. The highest BCUT2D eigenvalue weighted by molar-refractivity contribution is 5.53. The third-order valence-electron chi connectivity index (χ3n) is 4.83. The minimum absolute atomic E-state index is 0.389. The van der Waals surface area contributed by atoms with Gasteiger partial charge < -0.3 is 16.0 Å². The summed E-state index contributed by atoms with van der Waals surface area (Å²) in [6.45, 7) is 6.07. The number of nitrogens with one attached hydrogen (secondary N) is 3. The summed E-state index contributed by atoms with van der Waals surface area (Å²) in [4.78, 5) is 14.2. The van der Waals surface area contributed by atoms with Gasteiger partial charge in [0.15, 0.2) is 0 Å². The van der Waals surface area contributed by atoms with Crippen LogP contribution in [0, 0.1) is 6.92 Å². The van der Waals surface area contributed by atoms with Crippen LogP contribution in [0.3, 0.4) is 0 Å². The van der Waals surface area contributed by atoms with Gasteiger partial charge in [-0.15, -0.1) is 0 Å². The van der Waals surface area contributed by atoms with Crippen LogP contribution in [-0.2, 0) is 0 Å². The first-order valence-electron chi connectivity index (χ1n) is 8.79. The van der Waals surface area contributed by atoms with E-state index < -0.39 is 0 Å². The highest BCUT2D eigenvalue weighted by Gasteiger charge is 2.25. The Labute approximate surface area is 142 Å². The fraction of sp³-hybridized carbons (Fsp3) is 0.500. The molecule has 126 valence electrons. The fourth-order valence-corrected chi connectivity index (χ4v) is 3.35. The molecule has 0 radical (unpaired) electrons. The lowest BCUT2D eigenvalue weighted by molar-refractivity contribution is 0.641. The molecule has 1 aromatic heterocycles. The molecule has 0 spiro atoms. The summed E-state index contributed by atoms with van der Waals surface area (Å²) < 4.78 is 0. The molecule has 2 fully saturated rings. The molecule has 24 heavy (non-hydrogen) atoms. The van der Waals surface area contributed by atoms with Crippen LogP contribution in [0.15, 0.2) is 24.3 Å². The van der Waals surface area contributed by atoms with Crippen LogP contribution in [0.5, 0.6) is 0 Å². The lowest BCUT2D eigenvalue weighted by atomic mass is 10.1. The van der Waals surface area contributed by atoms with Crippen molar-refractivity contribution in [2.45, 2.75) is 31.6 Å². The maximum absolute atomic E-state index is 4.81. The summed E-state index contributed by atoms with van der Waals surface area (Å²) in [5.74, 6) is 3.29. The van der Waals surface area contributed by atoms with E-state index in [1.165, 1.54) is 5.56 Å². The van der Waals surface area contributed by atoms with E-state index in [0.717, 1.165) is 56.4 Å². The molecule has 0 aliphatic carbocycles. The van der Waals surface area contributed by atoms with Gasteiger partial charge in [0, 0.05) is 30.6 Å². The smallest absolute Gasteiger partial charge is 0.230 e. The molecule has 2 aromatic rings. The van der Waals surface area contributed by atoms with E-state index in [4.69, 9.17) is 15.0 Å². The van der Waals surface area contributed by atoms with E-state index >= 15 is 0 Å². The van der Waals surface area contributed by atoms with Crippen LogP contribution in [0.2, 0.25) is 0 Å². The maximum Gasteiger partial charge on any atom is 0.230 e. The summed E-state index contributed by atoms with van der Waals surface area (Å²) in [7, 11) is 0. The van der Waals surface area contributed by atoms with E-state index in [9.17, 15) is 0 Å². The van der Waals surface area contributed by atoms with Crippen LogP contribution in [0.1, 0.15) is 41.9 Å². The van der Waals surface area contributed by atoms with E-state index in [0.29, 0.717) is 17.8 Å². The second kappa shape index (κ2) is 6.83. The Kier molecular flexibility index (Phi) is 4.40. The SMILES string of the molecule is Cc1ccc(Nc2nc(C3CCNC3)nc(C3CCNC3)n2)cc1. The highest BCUT2D eigenvalue weighted by atomic mass is 15.2. The van der Waals surface area contributed by atoms with Gasteiger partial charge in [0.1, 0.15) is 11.6 Å². The lowest BCUT2D eigenvalue weighted by Gasteiger charge is -2.14. The summed E-state index contributed by atoms with van der Waals surface area (Å²) in [5, 5.41) is 10.2. The molecule has 6 heteroatoms. The standard InChI is InChI=1S/C18H24N6/c1-12-2-4-15(5-3-12)21-18-23-16(13-6-8-19-10-13)22-17(24-18)14-7-9-20-11-14/h2-5,13-14,19-20H,6-11H2,1H3,(H,21,22,23,24). The number of rotatable bonds is 4. The molecule has 0 saturated carbocycles. The minimum atomic E-state index is 0.389. The van der Waals surface area contributed by atoms with Gasteiger partial charge in [-0.2, -0.15) is 9.97 Å². The molecule has 2 saturated heterocycles. The van der Waals surface area contributed by atoms with Crippen LogP contribution in [0.25, 0.3) is 0 Å². The van der Waals surface area contributed by atoms with Crippen molar-refractivity contribution in [1.82, 2.24) is 25.6 Å². The Morgan fingerprint density at radius 2 is 1.46 bits per heavy atom. The Bertz CT molecular complexity index is 653. The molecular weight excluding hydrogens is 300 g/mol. The van der Waals surface area contributed by atoms with E-state index in [-0.39, 0.29) is 0 Å². The van der Waals surface area contributed by atoms with Crippen LogP contribution >= 0.6 is 0 Å². The summed E-state index contributed by atoms with van der Waals surface area (Å²) >= 11 is 0. The minimum Gasteiger partial charge on any atom is -0.324 e. The molecular formula is C18H24N6. The summed E-state index contributed by atoms with van der Waals surface area (Å²) in [5.41, 5.74) is 2.25. The first kappa shape index (κ1) is 15.5. The van der Waals surface area contributed by atoms with Gasteiger partial charge in [-0.1, -0.05) is 17.7 Å². The van der Waals surface area contributed by atoms with Crippen molar-refractivity contribution in [3.8, 4) is 0 Å². The Morgan fingerprint density at radius 1 is 0.875 bits per heavy atom. The molecule has 1 aromatic carbocycles. The van der Waals surface area contributed by atoms with Gasteiger partial charge in [0.2, 0.25) is 5.95 Å². The quantitative estimate of drug-likeness (QED) is 0.799. The molecule has 4 rings (SSSR count). The van der Waals surface area contributed by atoms with Crippen molar-refractivity contribution in [2.24, 2.45) is 0 Å². The van der Waals surface area contributed by atoms with Crippen molar-refractivity contribution >= 4 is 11.6 Å². The van der Waals surface area contributed by atoms with E-state index in [2.05, 4.69) is 47.1 Å². The second-order valence-corrected chi connectivity index (χ2v) is 6.75. The van der Waals surface area contributed by atoms with Gasteiger partial charge in [-0.25, -0.2) is 4.98 Å². The number of hydrogen-bond donors (Lipinski definition) is 3. The molecule has 2 aliphatic heterocycles. The van der Waals surface area contributed by atoms with Gasteiger partial charge in [0.05, 0.1) is 0 Å². The zero-order valence-corrected chi connectivity index (χ0v) is 14.0. The van der Waals surface area contributed by atoms with Crippen LogP contribution in [-0.4, -0.2) is 41.1 Å². The highest BCUT2D eigenvalue weighted by Crippen LogP contribution is 2.25. The normalized spacial score (nSPS) is 23.5. The third-order valence-corrected chi connectivity index (χ3v) is 4.83. The predicted octanol–water partition coefficient (Wildman–Crippen LogP) is 2.08. The fourth-order valence-electron chi connectivity index (χ4n) is 3.35. The average Bonchev–Trinajstić information content (AvgIpc) is 3.30. The third kappa shape index (κ3) is 3.39. The van der Waals surface area contributed by atoms with Gasteiger partial charge in [-0.05, 0) is 45.0 Å². The molecule has 2 atom stereocenters. The van der Waals surface area contributed by atoms with E-state index in [1.807, 2.05) is 0 Å². The number of aromatic nitrogens is 3. The summed E-state index contributed by atoms with van der Waals surface area (Å²) in [6.07, 6.45) is 2.19. The van der Waals surface area contributed by atoms with Gasteiger partial charge >= 0.3 is 0 Å². The van der Waals surface area contributed by atoms with Gasteiger partial charge in [-0.3, -0.25) is 0 Å². The summed E-state index contributed by atoms with van der Waals surface area (Å²) in [6, 6.07) is 8.31. The Morgan fingerprint density at radius 3 is 1.96 bits per heavy atom. The number of hydrogen-bond acceptors (Lipinski definition) is 6. The number of nitrogens with zero attached hydrogens (tertiary/aromatic N) is 3. The first-order valence-corrected chi connectivity index (χ1v) is 8.79. The largest absolute Gasteiger partial charge is 0.324 e. The molecule has 0 amide bonds. The van der Waals surface area contributed by atoms with E-state index in [1.54, 1.807) is 0 Å². The maximum atomic E-state index is 4.81. The van der Waals surface area contributed by atoms with Crippen molar-refractivity contribution in [2.75, 3.05) is 31.5 Å². The van der Waals surface area contributed by atoms with Crippen molar-refractivity contribution in [1.29, 1.82) is 0 Å². The second-order valence-electron chi connectivity index (χ2n) is 6.75. The zero-order chi connectivity index (χ0) is 16.4. The predicted molar refractivity (Wildman–Crippen MR) is 94.7 cm³/mol. The molecule has 2 unspecified atom stereocenters. The number of anilines is 2. The van der Waals surface area contributed by atoms with Crippen LogP contribution < -0.4 is 16.0 Å². The monoisotopic (exact) mass is 324 g/mol. The van der Waals surface area contributed by atoms with Crippen molar-refractivity contribution in [3.63, 3.8) is 0 Å². The molecule has 3 heterocycles. The number of aryl methyl sites for hydroxylation is 1. The average molecular weight is 324 g/mol. The van der Waals surface area contributed by atoms with Crippen LogP contribution in [0.4, 0.5) is 11.6 Å². The first-order chi connectivity index (χ1) is 11.8. The Hall–Kier alpha value is -2.05. The number of benzene rings is 1. The topological polar surface area (TPSA) is 74.8 Å². The Balaban J connectivity index is 1.64. The van der Waals surface area contributed by atoms with Gasteiger partial charge in [0.25, 0.3) is 0 Å². The zero-order valence-electron chi connectivity index (χ0n) is 14.0. The molecule has 3 N–H and O–H groups in total. The van der Waals surface area contributed by atoms with Crippen molar-refractivity contribution < 1.29 is 0 Å². The molecule has 0 bridgehead atoms. The molecule has 6 nitrogen and oxygen atoms in total. The lowest BCUT2D eigenvalue weighted by Crippen LogP contribution is -2.16. The van der Waals surface area contributed by atoms with Crippen molar-refractivity contribution in [3.05, 3.63) is 41.5 Å².